The fourth-order valence-corrected chi connectivity index (χ4v) is 3.31. The lowest BCUT2D eigenvalue weighted by Gasteiger charge is -2.09. The maximum atomic E-state index is 12.0. The lowest BCUT2D eigenvalue weighted by Crippen LogP contribution is -2.25. The lowest BCUT2D eigenvalue weighted by atomic mass is 10.1. The molecule has 1 unspecified atom stereocenters. The molecule has 0 aromatic heterocycles. The molecule has 0 saturated heterocycles. The van der Waals surface area contributed by atoms with Gasteiger partial charge in [-0.1, -0.05) is 30.1 Å². The number of sulfonamides is 1. The number of hydrogen-bond acceptors (Lipinski definition) is 3. The average molecular weight is 326 g/mol. The highest BCUT2D eigenvalue weighted by molar-refractivity contribution is 7.89. The van der Waals surface area contributed by atoms with Crippen LogP contribution in [0.25, 0.3) is 0 Å². The van der Waals surface area contributed by atoms with E-state index in [0.29, 0.717) is 13.0 Å². The van der Waals surface area contributed by atoms with Crippen molar-refractivity contribution in [2.75, 3.05) is 13.2 Å². The quantitative estimate of drug-likeness (QED) is 0.757. The molecule has 7 heteroatoms. The van der Waals surface area contributed by atoms with Crippen molar-refractivity contribution in [3.8, 4) is 0 Å². The van der Waals surface area contributed by atoms with Gasteiger partial charge in [0.15, 0.2) is 0 Å². The molecule has 108 valence electrons. The lowest BCUT2D eigenvalue weighted by molar-refractivity contribution is 0.228. The second kappa shape index (κ2) is 7.45. The minimum Gasteiger partial charge on any atom is -0.396 e. The first-order valence-corrected chi connectivity index (χ1v) is 8.15. The zero-order chi connectivity index (χ0) is 14.5. The monoisotopic (exact) mass is 325 g/mol. The Balaban J connectivity index is 2.61. The Kier molecular flexibility index (Phi) is 6.56. The summed E-state index contributed by atoms with van der Waals surface area (Å²) in [7, 11) is -3.59. The van der Waals surface area contributed by atoms with Crippen molar-refractivity contribution in [1.29, 1.82) is 0 Å². The minimum absolute atomic E-state index is 0.0557. The Morgan fingerprint density at radius 2 is 1.84 bits per heavy atom. The van der Waals surface area contributed by atoms with Gasteiger partial charge in [-0.15, -0.1) is 0 Å². The van der Waals surface area contributed by atoms with Crippen molar-refractivity contribution < 1.29 is 13.5 Å². The normalized spacial score (nSPS) is 13.5. The molecule has 0 saturated carbocycles. The third kappa shape index (κ3) is 5.67. The molecule has 0 aliphatic heterocycles. The predicted molar refractivity (Wildman–Crippen MR) is 77.1 cm³/mol. The zero-order valence-electron chi connectivity index (χ0n) is 10.6. The van der Waals surface area contributed by atoms with Gasteiger partial charge in [0.05, 0.1) is 4.90 Å². The number of benzene rings is 1. The van der Waals surface area contributed by atoms with Crippen molar-refractivity contribution >= 4 is 33.2 Å². The summed E-state index contributed by atoms with van der Waals surface area (Å²) in [5, 5.41) is 9.42. The summed E-state index contributed by atoms with van der Waals surface area (Å²) in [6.45, 7) is 2.33. The molecule has 19 heavy (non-hydrogen) atoms. The summed E-state index contributed by atoms with van der Waals surface area (Å²) in [6.07, 6.45) is 1.42. The van der Waals surface area contributed by atoms with E-state index in [-0.39, 0.29) is 27.5 Å². The van der Waals surface area contributed by atoms with E-state index in [2.05, 4.69) is 4.72 Å². The van der Waals surface area contributed by atoms with Crippen molar-refractivity contribution in [2.24, 2.45) is 5.92 Å². The van der Waals surface area contributed by atoms with Crippen molar-refractivity contribution in [2.45, 2.75) is 24.7 Å². The highest BCUT2D eigenvalue weighted by Gasteiger charge is 2.15. The summed E-state index contributed by atoms with van der Waals surface area (Å²) in [4.78, 5) is 0.0557. The van der Waals surface area contributed by atoms with Gasteiger partial charge in [0, 0.05) is 23.2 Å². The van der Waals surface area contributed by atoms with Crippen LogP contribution >= 0.6 is 23.2 Å². The van der Waals surface area contributed by atoms with Crippen LogP contribution in [0.5, 0.6) is 0 Å². The Bertz CT molecular complexity index is 499. The van der Waals surface area contributed by atoms with Gasteiger partial charge in [0.25, 0.3) is 0 Å². The number of nitrogens with one attached hydrogen (secondary N) is 1. The van der Waals surface area contributed by atoms with Gasteiger partial charge in [-0.25, -0.2) is 13.1 Å². The first-order chi connectivity index (χ1) is 8.85. The third-order valence-corrected chi connectivity index (χ3v) is 4.50. The average Bonchev–Trinajstić information content (AvgIpc) is 2.33. The Labute approximate surface area is 123 Å². The van der Waals surface area contributed by atoms with E-state index in [9.17, 15) is 8.42 Å². The summed E-state index contributed by atoms with van der Waals surface area (Å²) in [5.74, 6) is 0.171. The van der Waals surface area contributed by atoms with Crippen LogP contribution in [-0.4, -0.2) is 26.7 Å². The van der Waals surface area contributed by atoms with Crippen molar-refractivity contribution in [1.82, 2.24) is 4.72 Å². The molecular formula is C12H17Cl2NO3S. The molecule has 0 aliphatic rings. The summed E-state index contributed by atoms with van der Waals surface area (Å²) >= 11 is 11.5. The first kappa shape index (κ1) is 16.7. The van der Waals surface area contributed by atoms with Crippen LogP contribution in [0.3, 0.4) is 0 Å². The van der Waals surface area contributed by atoms with E-state index in [1.54, 1.807) is 0 Å². The Morgan fingerprint density at radius 3 is 2.37 bits per heavy atom. The number of rotatable bonds is 7. The van der Waals surface area contributed by atoms with Crippen LogP contribution in [0.15, 0.2) is 23.1 Å². The molecule has 1 atom stereocenters. The van der Waals surface area contributed by atoms with Crippen LogP contribution in [0.1, 0.15) is 19.8 Å². The van der Waals surface area contributed by atoms with E-state index in [1.807, 2.05) is 6.92 Å². The molecule has 1 aromatic carbocycles. The maximum Gasteiger partial charge on any atom is 0.240 e. The van der Waals surface area contributed by atoms with Crippen LogP contribution < -0.4 is 4.72 Å². The molecule has 4 nitrogen and oxygen atoms in total. The number of aliphatic hydroxyl groups excluding tert-OH is 1. The van der Waals surface area contributed by atoms with E-state index in [0.717, 1.165) is 6.42 Å². The standard InChI is InChI=1S/C12H17Cl2NO3S/c1-9(8-16)3-2-4-15-19(17,18)12-6-10(13)5-11(14)7-12/h5-7,9,15-16H,2-4,8H2,1H3. The van der Waals surface area contributed by atoms with Crippen LogP contribution in [0.4, 0.5) is 0 Å². The highest BCUT2D eigenvalue weighted by atomic mass is 35.5. The molecule has 2 N–H and O–H groups in total. The minimum atomic E-state index is -3.59. The SMILES string of the molecule is CC(CO)CCCNS(=O)(=O)c1cc(Cl)cc(Cl)c1. The van der Waals surface area contributed by atoms with Crippen molar-refractivity contribution in [3.63, 3.8) is 0 Å². The fourth-order valence-electron chi connectivity index (χ4n) is 1.52. The number of aliphatic hydroxyl groups is 1. The second-order valence-corrected chi connectivity index (χ2v) is 7.07. The topological polar surface area (TPSA) is 66.4 Å². The van der Waals surface area contributed by atoms with Gasteiger partial charge in [-0.2, -0.15) is 0 Å². The van der Waals surface area contributed by atoms with Gasteiger partial charge in [0.1, 0.15) is 0 Å². The van der Waals surface area contributed by atoms with E-state index < -0.39 is 10.0 Å². The molecule has 0 radical (unpaired) electrons. The maximum absolute atomic E-state index is 12.0. The van der Waals surface area contributed by atoms with Crippen LogP contribution in [-0.2, 0) is 10.0 Å². The van der Waals surface area contributed by atoms with Gasteiger partial charge in [0.2, 0.25) is 10.0 Å². The molecule has 0 bridgehead atoms. The van der Waals surface area contributed by atoms with E-state index >= 15 is 0 Å². The number of halogens is 2. The first-order valence-electron chi connectivity index (χ1n) is 5.92. The molecule has 0 aliphatic carbocycles. The predicted octanol–water partition coefficient (Wildman–Crippen LogP) is 2.68. The molecule has 0 fully saturated rings. The van der Waals surface area contributed by atoms with E-state index in [1.165, 1.54) is 18.2 Å². The fraction of sp³-hybridized carbons (Fsp3) is 0.500. The summed E-state index contributed by atoms with van der Waals surface area (Å²) < 4.78 is 26.4. The van der Waals surface area contributed by atoms with E-state index in [4.69, 9.17) is 28.3 Å². The summed E-state index contributed by atoms with van der Waals surface area (Å²) in [6, 6.07) is 4.18. The number of hydrogen-bond donors (Lipinski definition) is 2. The molecule has 0 heterocycles. The van der Waals surface area contributed by atoms with Gasteiger partial charge in [-0.05, 0) is 37.0 Å². The molecule has 1 aromatic rings. The molecular weight excluding hydrogens is 309 g/mol. The smallest absolute Gasteiger partial charge is 0.240 e. The van der Waals surface area contributed by atoms with Crippen LogP contribution in [0.2, 0.25) is 10.0 Å². The highest BCUT2D eigenvalue weighted by Crippen LogP contribution is 2.22. The zero-order valence-corrected chi connectivity index (χ0v) is 12.9. The van der Waals surface area contributed by atoms with Gasteiger partial charge >= 0.3 is 0 Å². The Hall–Kier alpha value is -0.330. The molecule has 1 rings (SSSR count). The molecule has 0 amide bonds. The second-order valence-electron chi connectivity index (χ2n) is 4.43. The third-order valence-electron chi connectivity index (χ3n) is 2.62. The summed E-state index contributed by atoms with van der Waals surface area (Å²) in [5.41, 5.74) is 0. The van der Waals surface area contributed by atoms with Crippen LogP contribution in [0, 0.1) is 5.92 Å². The van der Waals surface area contributed by atoms with Gasteiger partial charge in [-0.3, -0.25) is 0 Å². The molecule has 0 spiro atoms. The van der Waals surface area contributed by atoms with Crippen molar-refractivity contribution in [3.05, 3.63) is 28.2 Å². The largest absolute Gasteiger partial charge is 0.396 e. The van der Waals surface area contributed by atoms with Gasteiger partial charge < -0.3 is 5.11 Å². The Morgan fingerprint density at radius 1 is 1.26 bits per heavy atom.